The van der Waals surface area contributed by atoms with Crippen molar-refractivity contribution in [2.75, 3.05) is 13.1 Å². The molecular weight excluding hydrogens is 260 g/mol. The molecule has 1 unspecified atom stereocenters. The SMILES string of the molecule is CCC1(CC)CNC(C(C)C)CN1Cc1cccc(O)c1. The Kier molecular flexibility index (Phi) is 5.28. The molecule has 3 heteroatoms. The van der Waals surface area contributed by atoms with Crippen LogP contribution >= 0.6 is 0 Å². The van der Waals surface area contributed by atoms with Gasteiger partial charge in [-0.3, -0.25) is 4.90 Å². The summed E-state index contributed by atoms with van der Waals surface area (Å²) in [5.74, 6) is 1.00. The number of hydrogen-bond donors (Lipinski definition) is 2. The minimum absolute atomic E-state index is 0.233. The van der Waals surface area contributed by atoms with Crippen molar-refractivity contribution >= 4 is 0 Å². The molecule has 0 aliphatic carbocycles. The lowest BCUT2D eigenvalue weighted by Gasteiger charge is -2.50. The number of rotatable bonds is 5. The van der Waals surface area contributed by atoms with Crippen molar-refractivity contribution in [1.29, 1.82) is 0 Å². The van der Waals surface area contributed by atoms with E-state index < -0.39 is 0 Å². The summed E-state index contributed by atoms with van der Waals surface area (Å²) >= 11 is 0. The summed E-state index contributed by atoms with van der Waals surface area (Å²) in [7, 11) is 0. The number of aromatic hydroxyl groups is 1. The second-order valence-corrected chi connectivity index (χ2v) is 6.71. The summed E-state index contributed by atoms with van der Waals surface area (Å²) in [4.78, 5) is 2.63. The van der Waals surface area contributed by atoms with Crippen LogP contribution in [0.1, 0.15) is 46.1 Å². The first-order valence-electron chi connectivity index (χ1n) is 8.27. The van der Waals surface area contributed by atoms with Crippen molar-refractivity contribution in [2.45, 2.75) is 58.7 Å². The minimum atomic E-state index is 0.233. The average Bonchev–Trinajstić information content (AvgIpc) is 2.47. The zero-order valence-electron chi connectivity index (χ0n) is 13.9. The fraction of sp³-hybridized carbons (Fsp3) is 0.667. The van der Waals surface area contributed by atoms with E-state index in [1.807, 2.05) is 12.1 Å². The van der Waals surface area contributed by atoms with Gasteiger partial charge in [-0.2, -0.15) is 0 Å². The third kappa shape index (κ3) is 3.58. The van der Waals surface area contributed by atoms with Crippen molar-refractivity contribution < 1.29 is 5.11 Å². The molecule has 2 N–H and O–H groups in total. The molecule has 0 aromatic heterocycles. The Labute approximate surface area is 129 Å². The third-order valence-electron chi connectivity index (χ3n) is 5.19. The quantitative estimate of drug-likeness (QED) is 0.872. The first kappa shape index (κ1) is 16.3. The maximum Gasteiger partial charge on any atom is 0.115 e. The highest BCUT2D eigenvalue weighted by atomic mass is 16.3. The van der Waals surface area contributed by atoms with E-state index in [4.69, 9.17) is 0 Å². The van der Waals surface area contributed by atoms with E-state index in [0.717, 1.165) is 32.5 Å². The predicted octanol–water partition coefficient (Wildman–Crippen LogP) is 3.38. The Morgan fingerprint density at radius 3 is 2.62 bits per heavy atom. The summed E-state index contributed by atoms with van der Waals surface area (Å²) in [5, 5.41) is 13.4. The highest BCUT2D eigenvalue weighted by Gasteiger charge is 2.39. The van der Waals surface area contributed by atoms with Gasteiger partial charge in [-0.1, -0.05) is 39.8 Å². The van der Waals surface area contributed by atoms with Crippen molar-refractivity contribution in [3.8, 4) is 5.75 Å². The lowest BCUT2D eigenvalue weighted by atomic mass is 9.85. The van der Waals surface area contributed by atoms with E-state index in [1.54, 1.807) is 6.07 Å². The van der Waals surface area contributed by atoms with Crippen molar-refractivity contribution in [3.63, 3.8) is 0 Å². The molecule has 0 saturated carbocycles. The van der Waals surface area contributed by atoms with Crippen LogP contribution in [0.15, 0.2) is 24.3 Å². The van der Waals surface area contributed by atoms with Crippen LogP contribution in [0.4, 0.5) is 0 Å². The zero-order valence-corrected chi connectivity index (χ0v) is 13.9. The predicted molar refractivity (Wildman–Crippen MR) is 88.5 cm³/mol. The topological polar surface area (TPSA) is 35.5 Å². The number of phenols is 1. The number of phenolic OH excluding ortho intramolecular Hbond substituents is 1. The summed E-state index contributed by atoms with van der Waals surface area (Å²) in [6.07, 6.45) is 2.31. The smallest absolute Gasteiger partial charge is 0.115 e. The normalized spacial score (nSPS) is 22.6. The van der Waals surface area contributed by atoms with E-state index in [0.29, 0.717) is 17.7 Å². The molecule has 0 amide bonds. The van der Waals surface area contributed by atoms with Gasteiger partial charge in [0.15, 0.2) is 0 Å². The van der Waals surface area contributed by atoms with Gasteiger partial charge >= 0.3 is 0 Å². The van der Waals surface area contributed by atoms with Gasteiger partial charge in [-0.25, -0.2) is 0 Å². The van der Waals surface area contributed by atoms with Crippen LogP contribution in [-0.2, 0) is 6.54 Å². The Morgan fingerprint density at radius 2 is 2.05 bits per heavy atom. The monoisotopic (exact) mass is 290 g/mol. The second kappa shape index (κ2) is 6.80. The molecule has 1 aliphatic heterocycles. The van der Waals surface area contributed by atoms with Crippen LogP contribution < -0.4 is 5.32 Å². The molecule has 0 radical (unpaired) electrons. The Hall–Kier alpha value is -1.06. The Bertz CT molecular complexity index is 454. The van der Waals surface area contributed by atoms with Crippen LogP contribution in [0, 0.1) is 5.92 Å². The fourth-order valence-electron chi connectivity index (χ4n) is 3.43. The van der Waals surface area contributed by atoms with Gasteiger partial charge in [0.25, 0.3) is 0 Å². The largest absolute Gasteiger partial charge is 0.508 e. The first-order valence-corrected chi connectivity index (χ1v) is 8.27. The highest BCUT2D eigenvalue weighted by Crippen LogP contribution is 2.30. The standard InChI is InChI=1S/C18H30N2O/c1-5-18(6-2)13-19-17(14(3)4)12-20(18)11-15-8-7-9-16(21)10-15/h7-10,14,17,19,21H,5-6,11-13H2,1-4H3. The molecule has 118 valence electrons. The molecule has 21 heavy (non-hydrogen) atoms. The molecule has 1 fully saturated rings. The first-order chi connectivity index (χ1) is 10.0. The van der Waals surface area contributed by atoms with E-state index in [2.05, 4.69) is 44.0 Å². The van der Waals surface area contributed by atoms with E-state index >= 15 is 0 Å². The number of hydrogen-bond acceptors (Lipinski definition) is 3. The van der Waals surface area contributed by atoms with Crippen LogP contribution in [0.3, 0.4) is 0 Å². The second-order valence-electron chi connectivity index (χ2n) is 6.71. The van der Waals surface area contributed by atoms with Gasteiger partial charge in [-0.05, 0) is 36.5 Å². The molecule has 1 aromatic rings. The van der Waals surface area contributed by atoms with Crippen LogP contribution in [0.5, 0.6) is 5.75 Å². The highest BCUT2D eigenvalue weighted by molar-refractivity contribution is 5.27. The number of nitrogens with zero attached hydrogens (tertiary/aromatic N) is 1. The van der Waals surface area contributed by atoms with Crippen molar-refractivity contribution in [3.05, 3.63) is 29.8 Å². The van der Waals surface area contributed by atoms with Crippen molar-refractivity contribution in [2.24, 2.45) is 5.92 Å². The van der Waals surface area contributed by atoms with Crippen molar-refractivity contribution in [1.82, 2.24) is 10.2 Å². The summed E-state index contributed by atoms with van der Waals surface area (Å²) < 4.78 is 0. The van der Waals surface area contributed by atoms with Gasteiger partial charge in [0.2, 0.25) is 0 Å². The lowest BCUT2D eigenvalue weighted by molar-refractivity contribution is 0.0155. The maximum absolute atomic E-state index is 9.70. The Balaban J connectivity index is 2.20. The number of piperazine rings is 1. The molecule has 0 bridgehead atoms. The Morgan fingerprint density at radius 1 is 1.33 bits per heavy atom. The number of benzene rings is 1. The molecule has 1 atom stereocenters. The summed E-state index contributed by atoms with van der Waals surface area (Å²) in [6, 6.07) is 8.23. The molecule has 0 spiro atoms. The summed E-state index contributed by atoms with van der Waals surface area (Å²) in [6.45, 7) is 12.2. The van der Waals surface area contributed by atoms with Crippen LogP contribution in [0.2, 0.25) is 0 Å². The third-order valence-corrected chi connectivity index (χ3v) is 5.19. The van der Waals surface area contributed by atoms with E-state index in [9.17, 15) is 5.11 Å². The van der Waals surface area contributed by atoms with Gasteiger partial charge in [0.05, 0.1) is 0 Å². The molecule has 1 heterocycles. The molecule has 1 saturated heterocycles. The molecule has 2 rings (SSSR count). The van der Waals surface area contributed by atoms with Gasteiger partial charge in [0.1, 0.15) is 5.75 Å². The summed E-state index contributed by atoms with van der Waals surface area (Å²) in [5.41, 5.74) is 1.43. The molecule has 1 aliphatic rings. The molecule has 3 nitrogen and oxygen atoms in total. The zero-order chi connectivity index (χ0) is 15.5. The lowest BCUT2D eigenvalue weighted by Crippen LogP contribution is -2.64. The van der Waals surface area contributed by atoms with Crippen LogP contribution in [-0.4, -0.2) is 34.7 Å². The fourth-order valence-corrected chi connectivity index (χ4v) is 3.43. The van der Waals surface area contributed by atoms with Crippen LogP contribution in [0.25, 0.3) is 0 Å². The van der Waals surface area contributed by atoms with Gasteiger partial charge in [0, 0.05) is 31.2 Å². The van der Waals surface area contributed by atoms with Gasteiger partial charge in [-0.15, -0.1) is 0 Å². The van der Waals surface area contributed by atoms with E-state index in [-0.39, 0.29) is 5.54 Å². The minimum Gasteiger partial charge on any atom is -0.508 e. The maximum atomic E-state index is 9.70. The van der Waals surface area contributed by atoms with Gasteiger partial charge < -0.3 is 10.4 Å². The molecular formula is C18H30N2O. The number of nitrogens with one attached hydrogen (secondary N) is 1. The molecule has 1 aromatic carbocycles. The average molecular weight is 290 g/mol. The van der Waals surface area contributed by atoms with E-state index in [1.165, 1.54) is 5.56 Å².